The van der Waals surface area contributed by atoms with Crippen LogP contribution in [0.4, 0.5) is 0 Å². The number of pyridine rings is 1. The highest BCUT2D eigenvalue weighted by Gasteiger charge is 2.21. The second-order valence-corrected chi connectivity index (χ2v) is 6.97. The van der Waals surface area contributed by atoms with Crippen LogP contribution in [-0.4, -0.2) is 53.3 Å². The topological polar surface area (TPSA) is 78.7 Å². The van der Waals surface area contributed by atoms with Gasteiger partial charge in [0.15, 0.2) is 5.69 Å². The van der Waals surface area contributed by atoms with Crippen LogP contribution in [0, 0.1) is 6.92 Å². The first-order chi connectivity index (χ1) is 13.5. The zero-order valence-electron chi connectivity index (χ0n) is 16.4. The van der Waals surface area contributed by atoms with Crippen LogP contribution in [0.1, 0.15) is 32.2 Å². The molecule has 0 unspecified atom stereocenters. The van der Waals surface area contributed by atoms with Crippen LogP contribution in [0.15, 0.2) is 48.7 Å². The van der Waals surface area contributed by atoms with Crippen molar-refractivity contribution in [1.29, 1.82) is 0 Å². The van der Waals surface area contributed by atoms with Gasteiger partial charge in [0.1, 0.15) is 0 Å². The van der Waals surface area contributed by atoms with Gasteiger partial charge in [-0.05, 0) is 38.7 Å². The highest BCUT2D eigenvalue weighted by Crippen LogP contribution is 2.13. The molecule has 0 radical (unpaired) electrons. The molecule has 3 aromatic rings. The van der Waals surface area contributed by atoms with Gasteiger partial charge in [-0.1, -0.05) is 35.9 Å². The molecule has 0 saturated carbocycles. The minimum absolute atomic E-state index is 0.195. The number of fused-ring (bicyclic) bond motifs is 1. The molecule has 0 aliphatic rings. The third-order valence-corrected chi connectivity index (χ3v) is 4.38. The van der Waals surface area contributed by atoms with Crippen LogP contribution >= 0.6 is 0 Å². The van der Waals surface area contributed by atoms with Gasteiger partial charge in [0, 0.05) is 25.8 Å². The van der Waals surface area contributed by atoms with Crippen molar-refractivity contribution in [3.63, 3.8) is 0 Å². The summed E-state index contributed by atoms with van der Waals surface area (Å²) in [5.41, 5.74) is 3.02. The zero-order chi connectivity index (χ0) is 20.1. The van der Waals surface area contributed by atoms with Crippen LogP contribution in [0.25, 0.3) is 5.52 Å². The maximum absolute atomic E-state index is 12.7. The van der Waals surface area contributed by atoms with E-state index < -0.39 is 0 Å². The number of hydrogen-bond acceptors (Lipinski definition) is 4. The molecule has 0 saturated heterocycles. The normalized spacial score (nSPS) is 11.0. The smallest absolute Gasteiger partial charge is 0.287 e. The largest absolute Gasteiger partial charge is 0.349 e. The molecule has 7 nitrogen and oxygen atoms in total. The number of imidazole rings is 1. The zero-order valence-corrected chi connectivity index (χ0v) is 16.4. The summed E-state index contributed by atoms with van der Waals surface area (Å²) in [5.74, 6) is -0.419. The first-order valence-corrected chi connectivity index (χ1v) is 9.19. The first-order valence-electron chi connectivity index (χ1n) is 9.19. The Kier molecular flexibility index (Phi) is 6.06. The van der Waals surface area contributed by atoms with Gasteiger partial charge in [-0.2, -0.15) is 0 Å². The molecule has 3 rings (SSSR count). The number of rotatable bonds is 7. The third kappa shape index (κ3) is 4.55. The van der Waals surface area contributed by atoms with Gasteiger partial charge in [-0.25, -0.2) is 4.98 Å². The highest BCUT2D eigenvalue weighted by atomic mass is 16.2. The number of nitrogens with zero attached hydrogens (tertiary/aromatic N) is 3. The van der Waals surface area contributed by atoms with Crippen molar-refractivity contribution < 1.29 is 9.59 Å². The molecule has 1 aromatic carbocycles. The minimum Gasteiger partial charge on any atom is -0.349 e. The number of hydrogen-bond donors (Lipinski definition) is 2. The highest BCUT2D eigenvalue weighted by molar-refractivity contribution is 6.02. The molecule has 7 heteroatoms. The Labute approximate surface area is 164 Å². The van der Waals surface area contributed by atoms with Crippen LogP contribution in [0.5, 0.6) is 0 Å². The summed E-state index contributed by atoms with van der Waals surface area (Å²) in [6, 6.07) is 13.4. The minimum atomic E-state index is -0.325. The fourth-order valence-electron chi connectivity index (χ4n) is 2.81. The monoisotopic (exact) mass is 379 g/mol. The molecule has 2 heterocycles. The second kappa shape index (κ2) is 8.67. The molecule has 0 bridgehead atoms. The average molecular weight is 379 g/mol. The van der Waals surface area contributed by atoms with E-state index in [0.717, 1.165) is 12.1 Å². The Morgan fingerprint density at radius 3 is 2.50 bits per heavy atom. The van der Waals surface area contributed by atoms with Gasteiger partial charge in [0.2, 0.25) is 5.82 Å². The Balaban J connectivity index is 1.78. The van der Waals surface area contributed by atoms with Gasteiger partial charge in [-0.3, -0.25) is 14.0 Å². The Hall–Kier alpha value is -3.19. The number of carbonyl (C=O) groups excluding carboxylic acids is 2. The predicted octanol–water partition coefficient (Wildman–Crippen LogP) is 1.86. The molecule has 146 valence electrons. The molecule has 0 atom stereocenters. The molecule has 0 spiro atoms. The van der Waals surface area contributed by atoms with E-state index in [4.69, 9.17) is 0 Å². The molecule has 2 amide bonds. The average Bonchev–Trinajstić information content (AvgIpc) is 3.07. The van der Waals surface area contributed by atoms with Crippen molar-refractivity contribution in [1.82, 2.24) is 24.9 Å². The molecule has 0 fully saturated rings. The van der Waals surface area contributed by atoms with Crippen LogP contribution in [0.3, 0.4) is 0 Å². The molecular formula is C21H25N5O2. The Morgan fingerprint density at radius 2 is 1.79 bits per heavy atom. The summed E-state index contributed by atoms with van der Waals surface area (Å²) in [5, 5.41) is 5.73. The lowest BCUT2D eigenvalue weighted by Gasteiger charge is -2.09. The van der Waals surface area contributed by atoms with Crippen LogP contribution in [0.2, 0.25) is 0 Å². The molecule has 0 aliphatic carbocycles. The number of aromatic nitrogens is 2. The van der Waals surface area contributed by atoms with E-state index in [9.17, 15) is 9.59 Å². The number of carbonyl (C=O) groups is 2. The molecule has 0 aliphatic heterocycles. The molecule has 28 heavy (non-hydrogen) atoms. The maximum Gasteiger partial charge on any atom is 0.287 e. The lowest BCUT2D eigenvalue weighted by Crippen LogP contribution is -2.31. The van der Waals surface area contributed by atoms with E-state index in [-0.39, 0.29) is 23.3 Å². The van der Waals surface area contributed by atoms with E-state index in [1.54, 1.807) is 22.7 Å². The predicted molar refractivity (Wildman–Crippen MR) is 108 cm³/mol. The summed E-state index contributed by atoms with van der Waals surface area (Å²) in [6.45, 7) is 3.64. The van der Waals surface area contributed by atoms with Crippen molar-refractivity contribution in [2.45, 2.75) is 13.5 Å². The molecular weight excluding hydrogens is 354 g/mol. The quantitative estimate of drug-likeness (QED) is 0.657. The SMILES string of the molecule is Cc1ccc(CNC(=O)c2nc(C(=O)NCCN(C)C)c3ccccn23)cc1. The van der Waals surface area contributed by atoms with Crippen molar-refractivity contribution in [2.75, 3.05) is 27.2 Å². The van der Waals surface area contributed by atoms with Crippen molar-refractivity contribution in [3.05, 3.63) is 71.3 Å². The van der Waals surface area contributed by atoms with E-state index in [2.05, 4.69) is 15.6 Å². The lowest BCUT2D eigenvalue weighted by atomic mass is 10.1. The fourth-order valence-corrected chi connectivity index (χ4v) is 2.81. The number of nitrogens with one attached hydrogen (secondary N) is 2. The van der Waals surface area contributed by atoms with Crippen molar-refractivity contribution in [2.24, 2.45) is 0 Å². The Morgan fingerprint density at radius 1 is 1.04 bits per heavy atom. The van der Waals surface area contributed by atoms with E-state index in [1.165, 1.54) is 5.56 Å². The first kappa shape index (κ1) is 19.6. The molecule has 2 aromatic heterocycles. The number of likely N-dealkylation sites (N-methyl/N-ethyl adjacent to an activating group) is 1. The van der Waals surface area contributed by atoms with Crippen LogP contribution in [-0.2, 0) is 6.54 Å². The van der Waals surface area contributed by atoms with Gasteiger partial charge >= 0.3 is 0 Å². The number of amides is 2. The van der Waals surface area contributed by atoms with Crippen molar-refractivity contribution >= 4 is 17.3 Å². The number of benzene rings is 1. The Bertz CT molecular complexity index is 976. The third-order valence-electron chi connectivity index (χ3n) is 4.38. The summed E-state index contributed by atoms with van der Waals surface area (Å²) < 4.78 is 1.64. The van der Waals surface area contributed by atoms with Gasteiger partial charge in [0.05, 0.1) is 5.52 Å². The summed E-state index contributed by atoms with van der Waals surface area (Å²) in [6.07, 6.45) is 1.74. The second-order valence-electron chi connectivity index (χ2n) is 6.97. The summed E-state index contributed by atoms with van der Waals surface area (Å²) in [7, 11) is 3.88. The van der Waals surface area contributed by atoms with Gasteiger partial charge in [0.25, 0.3) is 11.8 Å². The van der Waals surface area contributed by atoms with E-state index in [1.807, 2.05) is 56.3 Å². The van der Waals surface area contributed by atoms with Crippen molar-refractivity contribution in [3.8, 4) is 0 Å². The fraction of sp³-hybridized carbons (Fsp3) is 0.286. The van der Waals surface area contributed by atoms with Gasteiger partial charge in [-0.15, -0.1) is 0 Å². The molecule has 2 N–H and O–H groups in total. The standard InChI is InChI=1S/C21H25N5O2/c1-15-7-9-16(10-8-15)14-23-21(28)19-24-18(17-6-4-5-12-26(17)19)20(27)22-11-13-25(2)3/h4-10,12H,11,13-14H2,1-3H3,(H,22,27)(H,23,28). The van der Waals surface area contributed by atoms with Crippen LogP contribution < -0.4 is 10.6 Å². The van der Waals surface area contributed by atoms with E-state index >= 15 is 0 Å². The summed E-state index contributed by atoms with van der Waals surface area (Å²) in [4.78, 5) is 31.6. The lowest BCUT2D eigenvalue weighted by molar-refractivity contribution is 0.0939. The van der Waals surface area contributed by atoms with Gasteiger partial charge < -0.3 is 15.5 Å². The maximum atomic E-state index is 12.7. The number of aryl methyl sites for hydroxylation is 1. The summed E-state index contributed by atoms with van der Waals surface area (Å²) >= 11 is 0. The van der Waals surface area contributed by atoms with E-state index in [0.29, 0.717) is 18.6 Å².